The molecule has 33 heavy (non-hydrogen) atoms. The fourth-order valence-electron chi connectivity index (χ4n) is 3.97. The van der Waals surface area contributed by atoms with Crippen LogP contribution in [0.25, 0.3) is 0 Å². The number of piperidine rings is 1. The fraction of sp³-hybridized carbons (Fsp3) is 0.435. The quantitative estimate of drug-likeness (QED) is 0.223. The lowest BCUT2D eigenvalue weighted by molar-refractivity contribution is 0.0809. The first-order chi connectivity index (χ1) is 15.5. The number of halogens is 1. The molecule has 0 unspecified atom stereocenters. The number of aliphatic hydroxyl groups is 1. The van der Waals surface area contributed by atoms with Crippen LogP contribution in [0.2, 0.25) is 0 Å². The third-order valence-corrected chi connectivity index (χ3v) is 7.46. The SMILES string of the molecule is CC(C)(O)Cc1ccc(NS(=O)(=O)C2CCNCC2)c(Cc2ccc(C(=O)NN)cc2F)c1. The molecule has 1 aliphatic heterocycles. The van der Waals surface area contributed by atoms with Gasteiger partial charge >= 0.3 is 0 Å². The summed E-state index contributed by atoms with van der Waals surface area (Å²) in [7, 11) is -3.63. The monoisotopic (exact) mass is 478 g/mol. The van der Waals surface area contributed by atoms with Crippen molar-refractivity contribution in [2.75, 3.05) is 17.8 Å². The molecule has 1 aliphatic rings. The van der Waals surface area contributed by atoms with Crippen LogP contribution >= 0.6 is 0 Å². The van der Waals surface area contributed by atoms with Crippen molar-refractivity contribution in [1.29, 1.82) is 0 Å². The molecule has 1 fully saturated rings. The molecule has 1 heterocycles. The van der Waals surface area contributed by atoms with Gasteiger partial charge in [-0.25, -0.2) is 18.7 Å². The minimum absolute atomic E-state index is 0.0846. The summed E-state index contributed by atoms with van der Waals surface area (Å²) in [4.78, 5) is 11.7. The Balaban J connectivity index is 1.94. The van der Waals surface area contributed by atoms with Crippen LogP contribution in [-0.4, -0.2) is 43.4 Å². The van der Waals surface area contributed by atoms with Crippen LogP contribution in [0.1, 0.15) is 53.7 Å². The molecule has 0 spiro atoms. The Labute approximate surface area is 193 Å². The predicted molar refractivity (Wildman–Crippen MR) is 126 cm³/mol. The lowest BCUT2D eigenvalue weighted by Crippen LogP contribution is -2.38. The van der Waals surface area contributed by atoms with Crippen LogP contribution in [0, 0.1) is 5.82 Å². The molecule has 8 nitrogen and oxygen atoms in total. The van der Waals surface area contributed by atoms with Gasteiger partial charge in [-0.15, -0.1) is 0 Å². The van der Waals surface area contributed by atoms with E-state index >= 15 is 0 Å². The van der Waals surface area contributed by atoms with Crippen molar-refractivity contribution in [2.45, 2.75) is 50.4 Å². The Morgan fingerprint density at radius 1 is 1.18 bits per heavy atom. The lowest BCUT2D eigenvalue weighted by atomic mass is 9.94. The minimum atomic E-state index is -3.63. The number of hydrazine groups is 1. The first kappa shape index (κ1) is 25.1. The third kappa shape index (κ3) is 6.73. The zero-order valence-corrected chi connectivity index (χ0v) is 19.6. The Morgan fingerprint density at radius 3 is 2.48 bits per heavy atom. The molecule has 1 amide bonds. The van der Waals surface area contributed by atoms with Gasteiger partial charge in [-0.05, 0) is 74.7 Å². The molecule has 2 aromatic carbocycles. The van der Waals surface area contributed by atoms with Crippen molar-refractivity contribution in [3.8, 4) is 0 Å². The molecule has 0 saturated carbocycles. The Bertz CT molecular complexity index is 1110. The Kier molecular flexibility index (Phi) is 7.73. The van der Waals surface area contributed by atoms with Crippen LogP contribution in [0.5, 0.6) is 0 Å². The molecule has 6 N–H and O–H groups in total. The average Bonchev–Trinajstić information content (AvgIpc) is 2.75. The summed E-state index contributed by atoms with van der Waals surface area (Å²) in [5, 5.41) is 12.8. The van der Waals surface area contributed by atoms with Gasteiger partial charge in [0.1, 0.15) is 5.82 Å². The number of anilines is 1. The zero-order chi connectivity index (χ0) is 24.2. The maximum atomic E-state index is 14.8. The van der Waals surface area contributed by atoms with Gasteiger partial charge in [-0.1, -0.05) is 18.2 Å². The van der Waals surface area contributed by atoms with Crippen LogP contribution < -0.4 is 21.3 Å². The first-order valence-electron chi connectivity index (χ1n) is 10.8. The number of carbonyl (C=O) groups excluding carboxylic acids is 1. The summed E-state index contributed by atoms with van der Waals surface area (Å²) < 4.78 is 43.4. The molecule has 0 bridgehead atoms. The normalized spacial score (nSPS) is 15.3. The van der Waals surface area contributed by atoms with E-state index in [4.69, 9.17) is 5.84 Å². The molecule has 2 aromatic rings. The largest absolute Gasteiger partial charge is 0.390 e. The number of nitrogens with one attached hydrogen (secondary N) is 3. The Morgan fingerprint density at radius 2 is 1.88 bits per heavy atom. The smallest absolute Gasteiger partial charge is 0.265 e. The van der Waals surface area contributed by atoms with Crippen molar-refractivity contribution in [3.05, 3.63) is 64.5 Å². The minimum Gasteiger partial charge on any atom is -0.390 e. The highest BCUT2D eigenvalue weighted by Crippen LogP contribution is 2.27. The van der Waals surface area contributed by atoms with E-state index in [1.54, 1.807) is 32.0 Å². The van der Waals surface area contributed by atoms with Crippen molar-refractivity contribution in [2.24, 2.45) is 5.84 Å². The van der Waals surface area contributed by atoms with E-state index in [0.717, 1.165) is 11.6 Å². The summed E-state index contributed by atoms with van der Waals surface area (Å²) >= 11 is 0. The maximum absolute atomic E-state index is 14.8. The average molecular weight is 479 g/mol. The van der Waals surface area contributed by atoms with Crippen molar-refractivity contribution >= 4 is 21.6 Å². The van der Waals surface area contributed by atoms with Gasteiger partial charge < -0.3 is 10.4 Å². The molecular formula is C23H31FN4O4S. The van der Waals surface area contributed by atoms with E-state index in [-0.39, 0.29) is 12.0 Å². The second kappa shape index (κ2) is 10.2. The summed E-state index contributed by atoms with van der Waals surface area (Å²) in [5.74, 6) is 3.90. The standard InChI is InChI=1S/C23H31FN4O4S/c1-23(2,30)14-15-3-6-21(28-33(31,32)19-7-9-26-10-8-19)18(11-15)12-16-4-5-17(13-20(16)24)22(29)27-25/h3-6,11,13,19,26,28,30H,7-10,12,14,25H2,1-2H3,(H,27,29). The maximum Gasteiger partial charge on any atom is 0.265 e. The molecule has 0 aliphatic carbocycles. The van der Waals surface area contributed by atoms with Gasteiger partial charge in [0.05, 0.1) is 16.5 Å². The summed E-state index contributed by atoms with van der Waals surface area (Å²) in [6.45, 7) is 4.64. The summed E-state index contributed by atoms with van der Waals surface area (Å²) in [6.07, 6.45) is 1.47. The number of rotatable bonds is 8. The molecule has 180 valence electrons. The van der Waals surface area contributed by atoms with Crippen LogP contribution in [0.4, 0.5) is 10.1 Å². The van der Waals surface area contributed by atoms with Crippen molar-refractivity contribution in [3.63, 3.8) is 0 Å². The number of benzene rings is 2. The predicted octanol–water partition coefficient (Wildman–Crippen LogP) is 1.83. The second-order valence-electron chi connectivity index (χ2n) is 9.03. The summed E-state index contributed by atoms with van der Waals surface area (Å²) in [6, 6.07) is 9.22. The van der Waals surface area contributed by atoms with Crippen molar-refractivity contribution in [1.82, 2.24) is 10.7 Å². The Hall–Kier alpha value is -2.53. The van der Waals surface area contributed by atoms with Gasteiger partial charge in [0.25, 0.3) is 5.91 Å². The molecule has 0 aromatic heterocycles. The van der Waals surface area contributed by atoms with Gasteiger partial charge in [-0.2, -0.15) is 0 Å². The highest BCUT2D eigenvalue weighted by molar-refractivity contribution is 7.93. The molecule has 0 radical (unpaired) electrons. The highest BCUT2D eigenvalue weighted by atomic mass is 32.2. The molecular weight excluding hydrogens is 447 g/mol. The molecule has 10 heteroatoms. The van der Waals surface area contributed by atoms with Crippen LogP contribution in [-0.2, 0) is 22.9 Å². The van der Waals surface area contributed by atoms with E-state index in [0.29, 0.717) is 49.2 Å². The van der Waals surface area contributed by atoms with E-state index in [1.165, 1.54) is 12.1 Å². The number of nitrogens with two attached hydrogens (primary N) is 1. The van der Waals surface area contributed by atoms with Crippen LogP contribution in [0.3, 0.4) is 0 Å². The van der Waals surface area contributed by atoms with Crippen LogP contribution in [0.15, 0.2) is 36.4 Å². The lowest BCUT2D eigenvalue weighted by Gasteiger charge is -2.24. The molecule has 0 atom stereocenters. The van der Waals surface area contributed by atoms with Gasteiger partial charge in [-0.3, -0.25) is 14.9 Å². The number of nitrogen functional groups attached to an aromatic ring is 1. The zero-order valence-electron chi connectivity index (χ0n) is 18.8. The number of hydrogen-bond acceptors (Lipinski definition) is 6. The van der Waals surface area contributed by atoms with Gasteiger partial charge in [0, 0.05) is 18.4 Å². The van der Waals surface area contributed by atoms with E-state index in [2.05, 4.69) is 10.0 Å². The first-order valence-corrected chi connectivity index (χ1v) is 12.4. The number of carbonyl (C=O) groups is 1. The number of hydrogen-bond donors (Lipinski definition) is 5. The van der Waals surface area contributed by atoms with Crippen molar-refractivity contribution < 1.29 is 22.7 Å². The molecule has 1 saturated heterocycles. The fourth-order valence-corrected chi connectivity index (χ4v) is 5.49. The summed E-state index contributed by atoms with van der Waals surface area (Å²) in [5.41, 5.74) is 3.12. The topological polar surface area (TPSA) is 134 Å². The molecule has 3 rings (SSSR count). The number of sulfonamides is 1. The van der Waals surface area contributed by atoms with Gasteiger partial charge in [0.2, 0.25) is 10.0 Å². The highest BCUT2D eigenvalue weighted by Gasteiger charge is 2.28. The van der Waals surface area contributed by atoms with E-state index in [1.807, 2.05) is 5.43 Å². The van der Waals surface area contributed by atoms with E-state index < -0.39 is 32.6 Å². The van der Waals surface area contributed by atoms with E-state index in [9.17, 15) is 22.7 Å². The number of amides is 1. The third-order valence-electron chi connectivity index (χ3n) is 5.61. The second-order valence-corrected chi connectivity index (χ2v) is 11.0. The van der Waals surface area contributed by atoms with Gasteiger partial charge in [0.15, 0.2) is 0 Å².